The zero-order chi connectivity index (χ0) is 83.4. The van der Waals surface area contributed by atoms with Gasteiger partial charge in [0.05, 0.1) is 0 Å². The summed E-state index contributed by atoms with van der Waals surface area (Å²) in [4.78, 5) is 9.30. The third-order valence-corrected chi connectivity index (χ3v) is 27.0. The molecular weight excluding hydrogens is 1500 g/mol. The van der Waals surface area contributed by atoms with E-state index in [-0.39, 0.29) is 79.2 Å². The predicted octanol–water partition coefficient (Wildman–Crippen LogP) is 27.5. The van der Waals surface area contributed by atoms with Crippen LogP contribution in [-0.4, -0.2) is 24.4 Å². The first-order valence-electron chi connectivity index (χ1n) is 41.3. The van der Waals surface area contributed by atoms with Gasteiger partial charge >= 0.3 is 11.0 Å². The van der Waals surface area contributed by atoms with E-state index >= 15 is 26.3 Å². The summed E-state index contributed by atoms with van der Waals surface area (Å²) in [5.41, 5.74) is 14.6. The van der Waals surface area contributed by atoms with E-state index in [1.165, 1.54) is 22.3 Å². The zero-order valence-electron chi connectivity index (χ0n) is 70.5. The van der Waals surface area contributed by atoms with E-state index in [4.69, 9.17) is 0 Å². The van der Waals surface area contributed by atoms with Crippen molar-refractivity contribution in [3.63, 3.8) is 0 Å². The average Bonchev–Trinajstić information content (AvgIpc) is 0.689. The summed E-state index contributed by atoms with van der Waals surface area (Å²) in [6, 6.07) is 86.2. The Bertz CT molecular complexity index is 6470. The minimum absolute atomic E-state index is 0.0516. The topological polar surface area (TPSA) is 13.0 Å². The Morgan fingerprint density at radius 2 is 0.559 bits per heavy atom. The summed E-state index contributed by atoms with van der Waals surface area (Å²) in [5, 5.41) is 8.25. The average molecular weight is 1600 g/mol. The molecule has 0 unspecified atom stereocenters. The molecule has 0 N–H and O–H groups in total. The van der Waals surface area contributed by atoms with Crippen molar-refractivity contribution in [2.24, 2.45) is 0 Å². The largest absolute Gasteiger partial charge is 0.446 e. The highest BCUT2D eigenvalue weighted by molar-refractivity contribution is 8.00. The number of halogens is 6. The fraction of sp³-hybridized carbons (Fsp3) is 0.269. The molecule has 0 spiro atoms. The van der Waals surface area contributed by atoms with Gasteiger partial charge in [0.1, 0.15) is 0 Å². The molecule has 0 atom stereocenters. The Labute approximate surface area is 700 Å². The van der Waals surface area contributed by atoms with Crippen molar-refractivity contribution in [2.75, 3.05) is 19.6 Å². The van der Waals surface area contributed by atoms with Gasteiger partial charge in [0.25, 0.3) is 13.4 Å². The maximum atomic E-state index is 15.5. The van der Waals surface area contributed by atoms with Crippen molar-refractivity contribution in [3.05, 3.63) is 287 Å². The monoisotopic (exact) mass is 1600 g/mol. The molecule has 118 heavy (non-hydrogen) atoms. The van der Waals surface area contributed by atoms with Gasteiger partial charge in [0.2, 0.25) is 0 Å². The normalized spacial score (nSPS) is 14.3. The molecule has 0 aromatic heterocycles. The highest BCUT2D eigenvalue weighted by Gasteiger charge is 2.50. The number of benzene rings is 14. The van der Waals surface area contributed by atoms with Gasteiger partial charge < -0.3 is 19.6 Å². The lowest BCUT2D eigenvalue weighted by molar-refractivity contribution is -0.0337. The highest BCUT2D eigenvalue weighted by atomic mass is 32.2. The van der Waals surface area contributed by atoms with E-state index in [2.05, 4.69) is 363 Å². The highest BCUT2D eigenvalue weighted by Crippen LogP contribution is 2.56. The Morgan fingerprint density at radius 1 is 0.280 bits per heavy atom. The SMILES string of the molecule is Cc1ccc(N2c3cc(SC(F)(F)F)cc4c3B(c3ccc5cc(C(C)(C)C)ccc5c32)c2ccc3cc(C(C)(C)CCC(C)(C)c5ccc6c7c(ccc6c5)B5c6ccc8cc(C(C)(C)C)ccc8c6N(c6ccccc6C(C)(C)C)c6cc(SC(F)(F)F)cc(c65)N7c5ccccc5C(C)(C)C)ccc3c2N4c2ccc(C)cc2)cc1. The van der Waals surface area contributed by atoms with Gasteiger partial charge in [-0.3, -0.25) is 0 Å². The third kappa shape index (κ3) is 13.5. The van der Waals surface area contributed by atoms with Crippen LogP contribution in [0.5, 0.6) is 0 Å². The third-order valence-electron chi connectivity index (χ3n) is 25.6. The first-order chi connectivity index (χ1) is 55.6. The molecular formula is C104H98B2F6N4S2. The Hall–Kier alpha value is -10.3. The van der Waals surface area contributed by atoms with Crippen LogP contribution in [0.15, 0.2) is 252 Å². The van der Waals surface area contributed by atoms with Gasteiger partial charge in [-0.1, -0.05) is 304 Å². The molecule has 14 heteroatoms. The van der Waals surface area contributed by atoms with Crippen molar-refractivity contribution < 1.29 is 26.3 Å². The van der Waals surface area contributed by atoms with Crippen molar-refractivity contribution in [2.45, 2.75) is 191 Å². The number of para-hydroxylation sites is 2. The minimum Gasteiger partial charge on any atom is -0.311 e. The molecule has 594 valence electrons. The first kappa shape index (κ1) is 78.9. The fourth-order valence-corrected chi connectivity index (χ4v) is 20.5. The molecule has 4 heterocycles. The molecule has 18 rings (SSSR count). The van der Waals surface area contributed by atoms with Gasteiger partial charge in [-0.2, -0.15) is 26.3 Å². The zero-order valence-corrected chi connectivity index (χ0v) is 72.2. The lowest BCUT2D eigenvalue weighted by Gasteiger charge is -2.46. The number of anilines is 12. The van der Waals surface area contributed by atoms with E-state index < -0.39 is 11.0 Å². The molecule has 4 aliphatic rings. The molecule has 0 saturated carbocycles. The van der Waals surface area contributed by atoms with Crippen LogP contribution in [0.4, 0.5) is 94.6 Å². The van der Waals surface area contributed by atoms with Crippen LogP contribution in [0.1, 0.15) is 168 Å². The van der Waals surface area contributed by atoms with E-state index in [0.29, 0.717) is 17.1 Å². The molecule has 0 amide bonds. The van der Waals surface area contributed by atoms with Crippen LogP contribution in [0.2, 0.25) is 0 Å². The van der Waals surface area contributed by atoms with Gasteiger partial charge in [0.15, 0.2) is 0 Å². The van der Waals surface area contributed by atoms with E-state index in [1.807, 2.05) is 12.1 Å². The number of aryl methyl sites for hydroxylation is 2. The van der Waals surface area contributed by atoms with Gasteiger partial charge in [-0.05, 0) is 231 Å². The van der Waals surface area contributed by atoms with Gasteiger partial charge in [0, 0.05) is 99.6 Å². The number of rotatable bonds is 11. The van der Waals surface area contributed by atoms with Crippen molar-refractivity contribution >= 4 is 181 Å². The number of alkyl halides is 6. The lowest BCUT2D eigenvalue weighted by atomic mass is 9.33. The van der Waals surface area contributed by atoms with Crippen LogP contribution >= 0.6 is 23.5 Å². The molecule has 0 aliphatic carbocycles. The van der Waals surface area contributed by atoms with E-state index in [9.17, 15) is 0 Å². The summed E-state index contributed by atoms with van der Waals surface area (Å²) in [6.45, 7) is 39.3. The molecule has 0 radical (unpaired) electrons. The predicted molar refractivity (Wildman–Crippen MR) is 494 cm³/mol. The maximum absolute atomic E-state index is 15.5. The van der Waals surface area contributed by atoms with Crippen LogP contribution in [0, 0.1) is 13.8 Å². The van der Waals surface area contributed by atoms with Crippen LogP contribution < -0.4 is 52.4 Å². The second kappa shape index (κ2) is 27.6. The van der Waals surface area contributed by atoms with Gasteiger partial charge in [-0.25, -0.2) is 0 Å². The molecule has 4 nitrogen and oxygen atoms in total. The molecule has 0 saturated heterocycles. The molecule has 14 aromatic rings. The van der Waals surface area contributed by atoms with E-state index in [1.54, 1.807) is 12.1 Å². The lowest BCUT2D eigenvalue weighted by Crippen LogP contribution is -2.61. The van der Waals surface area contributed by atoms with Crippen molar-refractivity contribution in [1.82, 2.24) is 0 Å². The van der Waals surface area contributed by atoms with Crippen molar-refractivity contribution in [3.8, 4) is 0 Å². The maximum Gasteiger partial charge on any atom is 0.446 e. The molecule has 0 fully saturated rings. The number of hydrogen-bond acceptors (Lipinski definition) is 6. The number of fused-ring (bicyclic) bond motifs is 16. The summed E-state index contributed by atoms with van der Waals surface area (Å²) >= 11 is -0.117. The second-order valence-corrected chi connectivity index (χ2v) is 41.1. The summed E-state index contributed by atoms with van der Waals surface area (Å²) in [7, 11) is 0. The summed E-state index contributed by atoms with van der Waals surface area (Å²) in [6.07, 6.45) is 1.65. The summed E-state index contributed by atoms with van der Waals surface area (Å²) in [5.74, 6) is 0. The molecule has 4 aliphatic heterocycles. The number of hydrogen-bond donors (Lipinski definition) is 0. The first-order valence-corrected chi connectivity index (χ1v) is 42.9. The second-order valence-electron chi connectivity index (χ2n) is 38.8. The van der Waals surface area contributed by atoms with E-state index in [0.717, 1.165) is 162 Å². The van der Waals surface area contributed by atoms with Crippen LogP contribution in [0.3, 0.4) is 0 Å². The number of nitrogens with zero attached hydrogens (tertiary/aromatic N) is 4. The fourth-order valence-electron chi connectivity index (χ4n) is 19.3. The smallest absolute Gasteiger partial charge is 0.311 e. The van der Waals surface area contributed by atoms with Crippen LogP contribution in [0.25, 0.3) is 43.1 Å². The quantitative estimate of drug-likeness (QED) is 0.0722. The Morgan fingerprint density at radius 3 is 0.856 bits per heavy atom. The van der Waals surface area contributed by atoms with Crippen molar-refractivity contribution in [1.29, 1.82) is 0 Å². The Balaban J connectivity index is 0.760. The summed E-state index contributed by atoms with van der Waals surface area (Å²) < 4.78 is 92.1. The Kier molecular flexibility index (Phi) is 18.5. The molecule has 0 bridgehead atoms. The molecule has 14 aromatic carbocycles. The van der Waals surface area contributed by atoms with Gasteiger partial charge in [-0.15, -0.1) is 0 Å². The standard InChI is InChI=1S/C104H98B2F6N4S2/c1-61-27-39-71(40-28-61)113-87-57-73(117-103(107,108)109)58-88-91(87)105(81-47-31-63-53-67(97(3,4)5)35-43-75(63)93(81)113)82-48-33-65-55-69(37-45-76(65)94(82)114(88)72-41-29-62(2)30-42-72)101(15,16)51-52-102(17,18)70-38-46-78-66(56-70)34-50-84-96(78)116(86-26-22-20-24-80(86)100(12,13)14)90-60-74(118-104(110,111)112)59-89-92(90)106(84)83-49-32-64-54-68(98(6,7)8)36-44-77(64)95(83)115(89)85-25-21-19-23-79(85)99(9,10)11/h19-50,53-60H,51-52H2,1-18H3. The number of thioether (sulfide) groups is 2. The van der Waals surface area contributed by atoms with Crippen LogP contribution in [-0.2, 0) is 32.5 Å². The minimum atomic E-state index is -4.59.